The van der Waals surface area contributed by atoms with E-state index in [9.17, 15) is 0 Å². The van der Waals surface area contributed by atoms with Crippen molar-refractivity contribution in [3.8, 4) is 0 Å². The van der Waals surface area contributed by atoms with E-state index < -0.39 is 10.5 Å². The van der Waals surface area contributed by atoms with Gasteiger partial charge < -0.3 is 24.5 Å². The average molecular weight is 821 g/mol. The summed E-state index contributed by atoms with van der Waals surface area (Å²) in [4.78, 5) is 0. The molecule has 0 N–H and O–H groups in total. The predicted octanol–water partition coefficient (Wildman–Crippen LogP) is 16.4. The van der Waals surface area contributed by atoms with Crippen LogP contribution in [0.5, 0.6) is 0 Å². The molecule has 280 valence electrons. The molecule has 0 aliphatic heterocycles. The van der Waals surface area contributed by atoms with Crippen molar-refractivity contribution in [2.45, 2.75) is 233 Å². The van der Waals surface area contributed by atoms with Crippen LogP contribution in [0.3, 0.4) is 0 Å². The molecule has 0 rings (SSSR count). The molecule has 0 aromatic heterocycles. The van der Waals surface area contributed by atoms with E-state index in [2.05, 4.69) is 27.7 Å². The quantitative estimate of drug-likeness (QED) is 0.0267. The van der Waals surface area contributed by atoms with Crippen molar-refractivity contribution < 1.29 is 19.5 Å². The van der Waals surface area contributed by atoms with Crippen molar-refractivity contribution in [1.82, 2.24) is 0 Å². The largest absolute Gasteiger partial charge is 2.00 e. The van der Waals surface area contributed by atoms with E-state index in [1.165, 1.54) is 230 Å². The minimum Gasteiger partial charge on any atom is -0.746 e. The molecule has 0 nitrogen and oxygen atoms in total. The van der Waals surface area contributed by atoms with E-state index in [-0.39, 0.29) is 19.5 Å². The minimum absolute atomic E-state index is 0. The zero-order chi connectivity index (χ0) is 34.5. The van der Waals surface area contributed by atoms with Crippen molar-refractivity contribution in [2.75, 3.05) is 24.6 Å². The molecule has 0 radical (unpaired) electrons. The van der Waals surface area contributed by atoms with E-state index in [0.29, 0.717) is 0 Å². The Hall–Kier alpha value is 2.62. The summed E-state index contributed by atoms with van der Waals surface area (Å²) in [5, 5.41) is -2.82. The normalized spacial score (nSPS) is 11.7. The maximum atomic E-state index is 5.74. The van der Waals surface area contributed by atoms with E-state index in [1.54, 1.807) is 0 Å². The molecule has 0 aliphatic rings. The minimum atomic E-state index is -1.41. The molecule has 0 bridgehead atoms. The first-order chi connectivity index (χ1) is 22.2. The zero-order valence-electron chi connectivity index (χ0n) is 32.7. The van der Waals surface area contributed by atoms with Gasteiger partial charge in [0, 0.05) is 0 Å². The Bertz CT molecular complexity index is 573. The molecule has 0 heterocycles. The first kappa shape index (κ1) is 54.0. The smallest absolute Gasteiger partial charge is 0.746 e. The van der Waals surface area contributed by atoms with Gasteiger partial charge in [0.2, 0.25) is 0 Å². The van der Waals surface area contributed by atoms with Crippen molar-refractivity contribution >= 4 is 58.6 Å². The van der Waals surface area contributed by atoms with Crippen LogP contribution in [0, 0.1) is 0 Å². The van der Waals surface area contributed by atoms with Gasteiger partial charge in [-0.05, 0) is 24.6 Å². The van der Waals surface area contributed by atoms with Crippen LogP contribution in [0.25, 0.3) is 0 Å². The van der Waals surface area contributed by atoms with Gasteiger partial charge in [0.25, 0.3) is 0 Å². The van der Waals surface area contributed by atoms with Gasteiger partial charge >= 0.3 is 19.5 Å². The first-order valence-electron chi connectivity index (χ1n) is 20.8. The molecule has 0 unspecified atom stereocenters. The molecule has 0 amide bonds. The molecule has 0 aromatic carbocycles. The van der Waals surface area contributed by atoms with Crippen LogP contribution in [0.15, 0.2) is 0 Å². The van der Waals surface area contributed by atoms with Crippen molar-refractivity contribution in [3.63, 3.8) is 0 Å². The van der Waals surface area contributed by atoms with Crippen LogP contribution < -0.4 is 0 Å². The number of hydrogen-bond donors (Lipinski definition) is 0. The summed E-state index contributed by atoms with van der Waals surface area (Å²) in [5.74, 6) is 0. The molecule has 0 fully saturated rings. The van der Waals surface area contributed by atoms with E-state index in [1.807, 2.05) is 0 Å². The fourth-order valence-corrected chi connectivity index (χ4v) is 12.5. The molecule has 7 heteroatoms. The second-order valence-corrected chi connectivity index (χ2v) is 29.2. The number of rotatable bonds is 36. The third kappa shape index (κ3) is 48.6. The van der Waals surface area contributed by atoms with Crippen molar-refractivity contribution in [3.05, 3.63) is 0 Å². The zero-order valence-corrected chi connectivity index (χ0v) is 40.7. The maximum Gasteiger partial charge on any atom is 2.00 e. The molecule has 0 aromatic rings. The molecule has 0 saturated heterocycles. The van der Waals surface area contributed by atoms with Crippen LogP contribution in [0.4, 0.5) is 0 Å². The summed E-state index contributed by atoms with van der Waals surface area (Å²) >= 11 is 23.0. The van der Waals surface area contributed by atoms with Crippen LogP contribution in [-0.2, 0) is 67.6 Å². The van der Waals surface area contributed by atoms with Crippen molar-refractivity contribution in [1.29, 1.82) is 0 Å². The molecule has 0 spiro atoms. The Morgan fingerprint density at radius 2 is 0.404 bits per heavy atom. The van der Waals surface area contributed by atoms with E-state index in [4.69, 9.17) is 48.1 Å². The third-order valence-electron chi connectivity index (χ3n) is 9.41. The Morgan fingerprint density at radius 3 is 0.553 bits per heavy atom. The third-order valence-corrected chi connectivity index (χ3v) is 17.8. The average Bonchev–Trinajstić information content (AvgIpc) is 3.02. The topological polar surface area (TPSA) is 0 Å². The Balaban J connectivity index is -0.000000807. The first-order valence-corrected chi connectivity index (χ1v) is 29.2. The molecule has 0 saturated carbocycles. The SMILES string of the molecule is CCCCCCCCCCP(=S)([S-])CCCCCCCCCC.CCCCCCCCCCP(=S)([S-])CCCCCCCCCC.[Zn+2]. The second-order valence-electron chi connectivity index (χ2n) is 14.4. The summed E-state index contributed by atoms with van der Waals surface area (Å²) in [6, 6.07) is 0. The Kier molecular flexibility index (Phi) is 49.4. The van der Waals surface area contributed by atoms with Gasteiger partial charge in [0.05, 0.1) is 0 Å². The Labute approximate surface area is 333 Å². The van der Waals surface area contributed by atoms with Crippen molar-refractivity contribution in [2.24, 2.45) is 0 Å². The van der Waals surface area contributed by atoms with Gasteiger partial charge in [-0.1, -0.05) is 233 Å². The van der Waals surface area contributed by atoms with E-state index in [0.717, 1.165) is 0 Å². The summed E-state index contributed by atoms with van der Waals surface area (Å²) in [6.45, 7) is 9.12. The molecular weight excluding hydrogens is 736 g/mol. The molecule has 0 atom stereocenters. The second kappa shape index (κ2) is 43.0. The van der Waals surface area contributed by atoms with Gasteiger partial charge in [0.15, 0.2) is 0 Å². The standard InChI is InChI=1S/2C20H43PS2.Zn/c2*1-3-5-7-9-11-13-15-17-19-21(22,23)20-18-16-14-12-10-8-6-4-2;/h2*3-20H2,1-2H3,(H,22,23);/q;;+2/p-2. The van der Waals surface area contributed by atoms with Gasteiger partial charge in [-0.25, -0.2) is 0 Å². The van der Waals surface area contributed by atoms with Crippen LogP contribution in [0.2, 0.25) is 0 Å². The van der Waals surface area contributed by atoms with Gasteiger partial charge in [-0.15, -0.1) is 23.6 Å². The summed E-state index contributed by atoms with van der Waals surface area (Å²) < 4.78 is 0. The van der Waals surface area contributed by atoms with Gasteiger partial charge in [-0.2, -0.15) is 10.5 Å². The van der Waals surface area contributed by atoms with Gasteiger partial charge in [-0.3, -0.25) is 0 Å². The monoisotopic (exact) mass is 818 g/mol. The maximum absolute atomic E-state index is 5.74. The summed E-state index contributed by atoms with van der Waals surface area (Å²) in [5.41, 5.74) is 0. The fourth-order valence-electron chi connectivity index (χ4n) is 6.17. The summed E-state index contributed by atoms with van der Waals surface area (Å²) in [6.07, 6.45) is 49.0. The van der Waals surface area contributed by atoms with Crippen LogP contribution >= 0.6 is 10.5 Å². The predicted molar refractivity (Wildman–Crippen MR) is 233 cm³/mol. The fraction of sp³-hybridized carbons (Fsp3) is 1.00. The molecular formula is C40H84P2S4Zn. The van der Waals surface area contributed by atoms with Crippen LogP contribution in [0.1, 0.15) is 233 Å². The van der Waals surface area contributed by atoms with Gasteiger partial charge in [0.1, 0.15) is 0 Å². The molecule has 0 aliphatic carbocycles. The Morgan fingerprint density at radius 1 is 0.277 bits per heavy atom. The molecule has 47 heavy (non-hydrogen) atoms. The number of unbranched alkanes of at least 4 members (excludes halogenated alkanes) is 28. The van der Waals surface area contributed by atoms with E-state index >= 15 is 0 Å². The van der Waals surface area contributed by atoms with Crippen LogP contribution in [-0.4, -0.2) is 24.6 Å². The summed E-state index contributed by atoms with van der Waals surface area (Å²) in [7, 11) is 0. The number of hydrogen-bond acceptors (Lipinski definition) is 4.